The number of carbonyl (C=O) groups excluding carboxylic acids is 1. The third-order valence-corrected chi connectivity index (χ3v) is 4.49. The van der Waals surface area contributed by atoms with Gasteiger partial charge < -0.3 is 10.1 Å². The fourth-order valence-corrected chi connectivity index (χ4v) is 3.25. The molecule has 0 fully saturated rings. The zero-order valence-corrected chi connectivity index (χ0v) is 14.8. The number of carbonyl (C=O) groups is 1. The van der Waals surface area contributed by atoms with Gasteiger partial charge in [-0.05, 0) is 49.5 Å². The molecule has 2 N–H and O–H groups in total. The molecule has 0 radical (unpaired) electrons. The SMILES string of the molecule is COc1ccc2nc(NC(=S)NC(=O)c3ccc(C)cc3)sc2c1. The van der Waals surface area contributed by atoms with Gasteiger partial charge in [-0.15, -0.1) is 0 Å². The molecule has 1 amide bonds. The number of hydrogen-bond acceptors (Lipinski definition) is 5. The van der Waals surface area contributed by atoms with Crippen LogP contribution in [-0.2, 0) is 0 Å². The summed E-state index contributed by atoms with van der Waals surface area (Å²) in [6.07, 6.45) is 0. The summed E-state index contributed by atoms with van der Waals surface area (Å²) in [5.41, 5.74) is 2.49. The summed E-state index contributed by atoms with van der Waals surface area (Å²) < 4.78 is 6.17. The number of nitrogens with zero attached hydrogens (tertiary/aromatic N) is 1. The summed E-state index contributed by atoms with van der Waals surface area (Å²) in [5, 5.41) is 6.43. The largest absolute Gasteiger partial charge is 0.497 e. The van der Waals surface area contributed by atoms with E-state index in [1.54, 1.807) is 19.2 Å². The molecule has 0 atom stereocenters. The van der Waals surface area contributed by atoms with Gasteiger partial charge in [-0.3, -0.25) is 10.1 Å². The first-order valence-corrected chi connectivity index (χ1v) is 8.41. The molecule has 3 rings (SSSR count). The molecule has 0 saturated heterocycles. The third kappa shape index (κ3) is 3.69. The molecule has 0 aliphatic rings. The van der Waals surface area contributed by atoms with Crippen molar-refractivity contribution in [3.63, 3.8) is 0 Å². The molecule has 122 valence electrons. The minimum Gasteiger partial charge on any atom is -0.497 e. The second-order valence-corrected chi connectivity index (χ2v) is 6.57. The van der Waals surface area contributed by atoms with Crippen LogP contribution in [0.4, 0.5) is 5.13 Å². The molecule has 1 aromatic heterocycles. The molecule has 7 heteroatoms. The second kappa shape index (κ2) is 6.94. The number of hydrogen-bond donors (Lipinski definition) is 2. The maximum atomic E-state index is 12.1. The van der Waals surface area contributed by atoms with Crippen molar-refractivity contribution in [3.05, 3.63) is 53.6 Å². The zero-order chi connectivity index (χ0) is 17.1. The standard InChI is InChI=1S/C17H15N3O2S2/c1-10-3-5-11(6-4-10)15(21)19-16(23)20-17-18-13-8-7-12(22-2)9-14(13)24-17/h3-9H,1-2H3,(H2,18,19,20,21,23). The van der Waals surface area contributed by atoms with E-state index in [0.29, 0.717) is 10.7 Å². The Bertz CT molecular complexity index is 904. The topological polar surface area (TPSA) is 63.2 Å². The van der Waals surface area contributed by atoms with Crippen molar-refractivity contribution in [1.82, 2.24) is 10.3 Å². The maximum Gasteiger partial charge on any atom is 0.257 e. The Labute approximate surface area is 148 Å². The number of benzene rings is 2. The number of aromatic nitrogens is 1. The van der Waals surface area contributed by atoms with Gasteiger partial charge in [-0.25, -0.2) is 4.98 Å². The predicted molar refractivity (Wildman–Crippen MR) is 101 cm³/mol. The number of ether oxygens (including phenoxy) is 1. The van der Waals surface area contributed by atoms with Crippen molar-refractivity contribution in [1.29, 1.82) is 0 Å². The Kier molecular flexibility index (Phi) is 4.73. The van der Waals surface area contributed by atoms with Gasteiger partial charge in [-0.2, -0.15) is 0 Å². The highest BCUT2D eigenvalue weighted by Crippen LogP contribution is 2.29. The van der Waals surface area contributed by atoms with E-state index in [9.17, 15) is 4.79 Å². The van der Waals surface area contributed by atoms with Gasteiger partial charge in [0.25, 0.3) is 5.91 Å². The van der Waals surface area contributed by atoms with E-state index in [1.165, 1.54) is 11.3 Å². The molecule has 0 spiro atoms. The number of methoxy groups -OCH3 is 1. The van der Waals surface area contributed by atoms with Crippen molar-refractivity contribution >= 4 is 49.9 Å². The number of thiocarbonyl (C=S) groups is 1. The molecule has 5 nitrogen and oxygen atoms in total. The van der Waals surface area contributed by atoms with E-state index in [-0.39, 0.29) is 11.0 Å². The summed E-state index contributed by atoms with van der Waals surface area (Å²) in [4.78, 5) is 16.6. The molecule has 3 aromatic rings. The van der Waals surface area contributed by atoms with Crippen molar-refractivity contribution in [2.24, 2.45) is 0 Å². The first-order valence-electron chi connectivity index (χ1n) is 7.19. The molecular formula is C17H15N3O2S2. The first kappa shape index (κ1) is 16.4. The Morgan fingerprint density at radius 1 is 1.21 bits per heavy atom. The van der Waals surface area contributed by atoms with Crippen molar-refractivity contribution < 1.29 is 9.53 Å². The van der Waals surface area contributed by atoms with Crippen LogP contribution in [0, 0.1) is 6.92 Å². The number of fused-ring (bicyclic) bond motifs is 1. The molecule has 0 aliphatic carbocycles. The van der Waals surface area contributed by atoms with Gasteiger partial charge in [0.15, 0.2) is 10.2 Å². The lowest BCUT2D eigenvalue weighted by Crippen LogP contribution is -2.34. The quantitative estimate of drug-likeness (QED) is 0.699. The number of nitrogens with one attached hydrogen (secondary N) is 2. The second-order valence-electron chi connectivity index (χ2n) is 5.13. The van der Waals surface area contributed by atoms with Crippen LogP contribution in [0.25, 0.3) is 10.2 Å². The predicted octanol–water partition coefficient (Wildman–Crippen LogP) is 3.74. The third-order valence-electron chi connectivity index (χ3n) is 3.36. The van der Waals surface area contributed by atoms with E-state index in [1.807, 2.05) is 37.3 Å². The van der Waals surface area contributed by atoms with Crippen molar-refractivity contribution in [3.8, 4) is 5.75 Å². The Morgan fingerprint density at radius 3 is 2.67 bits per heavy atom. The van der Waals surface area contributed by atoms with E-state index in [2.05, 4.69) is 15.6 Å². The van der Waals surface area contributed by atoms with Crippen molar-refractivity contribution in [2.75, 3.05) is 12.4 Å². The molecular weight excluding hydrogens is 342 g/mol. The smallest absolute Gasteiger partial charge is 0.257 e. The normalized spacial score (nSPS) is 10.4. The van der Waals surface area contributed by atoms with E-state index >= 15 is 0 Å². The van der Waals surface area contributed by atoms with Gasteiger partial charge in [0, 0.05) is 5.56 Å². The lowest BCUT2D eigenvalue weighted by molar-refractivity contribution is 0.0977. The number of anilines is 1. The summed E-state index contributed by atoms with van der Waals surface area (Å²) in [5.74, 6) is 0.517. The molecule has 0 bridgehead atoms. The summed E-state index contributed by atoms with van der Waals surface area (Å²) in [7, 11) is 1.62. The number of aryl methyl sites for hydroxylation is 1. The van der Waals surface area contributed by atoms with Crippen LogP contribution < -0.4 is 15.4 Å². The minimum absolute atomic E-state index is 0.214. The number of thiazole rings is 1. The molecule has 0 unspecified atom stereocenters. The summed E-state index contributed by atoms with van der Waals surface area (Å²) >= 11 is 6.63. The first-order chi connectivity index (χ1) is 11.5. The average molecular weight is 357 g/mol. The zero-order valence-electron chi connectivity index (χ0n) is 13.1. The summed E-state index contributed by atoms with van der Waals surface area (Å²) in [6, 6.07) is 12.9. The van der Waals surface area contributed by atoms with Gasteiger partial charge in [0.1, 0.15) is 5.75 Å². The fraction of sp³-hybridized carbons (Fsp3) is 0.118. The van der Waals surface area contributed by atoms with Crippen LogP contribution in [0.2, 0.25) is 0 Å². The Balaban J connectivity index is 1.68. The van der Waals surface area contributed by atoms with Crippen LogP contribution in [0.15, 0.2) is 42.5 Å². The van der Waals surface area contributed by atoms with Gasteiger partial charge in [0.05, 0.1) is 17.3 Å². The van der Waals surface area contributed by atoms with E-state index in [0.717, 1.165) is 21.5 Å². The van der Waals surface area contributed by atoms with Gasteiger partial charge in [-0.1, -0.05) is 29.0 Å². The lowest BCUT2D eigenvalue weighted by atomic mass is 10.1. The van der Waals surface area contributed by atoms with E-state index in [4.69, 9.17) is 17.0 Å². The van der Waals surface area contributed by atoms with Crippen LogP contribution >= 0.6 is 23.6 Å². The molecule has 0 saturated carbocycles. The Morgan fingerprint density at radius 2 is 1.96 bits per heavy atom. The van der Waals surface area contributed by atoms with Gasteiger partial charge >= 0.3 is 0 Å². The molecule has 2 aromatic carbocycles. The van der Waals surface area contributed by atoms with Crippen LogP contribution in [0.1, 0.15) is 15.9 Å². The molecule has 24 heavy (non-hydrogen) atoms. The average Bonchev–Trinajstić information content (AvgIpc) is 2.96. The minimum atomic E-state index is -0.254. The molecule has 0 aliphatic heterocycles. The van der Waals surface area contributed by atoms with E-state index < -0.39 is 0 Å². The highest BCUT2D eigenvalue weighted by molar-refractivity contribution is 7.80. The molecule has 1 heterocycles. The number of rotatable bonds is 3. The lowest BCUT2D eigenvalue weighted by Gasteiger charge is -2.07. The summed E-state index contributed by atoms with van der Waals surface area (Å²) in [6.45, 7) is 1.97. The number of amides is 1. The Hall–Kier alpha value is -2.51. The van der Waals surface area contributed by atoms with Crippen LogP contribution in [0.3, 0.4) is 0 Å². The van der Waals surface area contributed by atoms with Crippen molar-refractivity contribution in [2.45, 2.75) is 6.92 Å². The highest BCUT2D eigenvalue weighted by atomic mass is 32.1. The van der Waals surface area contributed by atoms with Crippen LogP contribution in [0.5, 0.6) is 5.75 Å². The fourth-order valence-electron chi connectivity index (χ4n) is 2.09. The van der Waals surface area contributed by atoms with Crippen LogP contribution in [-0.4, -0.2) is 23.1 Å². The maximum absolute atomic E-state index is 12.1. The van der Waals surface area contributed by atoms with Gasteiger partial charge in [0.2, 0.25) is 0 Å². The monoisotopic (exact) mass is 357 g/mol. The highest BCUT2D eigenvalue weighted by Gasteiger charge is 2.10.